The van der Waals surface area contributed by atoms with E-state index in [9.17, 15) is 0 Å². The van der Waals surface area contributed by atoms with Gasteiger partial charge in [0, 0.05) is 20.6 Å². The molecule has 0 bridgehead atoms. The molecule has 0 radical (unpaired) electrons. The highest BCUT2D eigenvalue weighted by atomic mass is 32.1. The summed E-state index contributed by atoms with van der Waals surface area (Å²) in [4.78, 5) is 5.82. The van der Waals surface area contributed by atoms with Crippen LogP contribution >= 0.6 is 23.6 Å². The Labute approximate surface area is 121 Å². The quantitative estimate of drug-likeness (QED) is 0.833. The Morgan fingerprint density at radius 3 is 2.79 bits per heavy atom. The van der Waals surface area contributed by atoms with Crippen LogP contribution in [0.2, 0.25) is 0 Å². The van der Waals surface area contributed by atoms with Gasteiger partial charge >= 0.3 is 0 Å². The van der Waals surface area contributed by atoms with E-state index in [2.05, 4.69) is 17.1 Å². The van der Waals surface area contributed by atoms with Gasteiger partial charge in [-0.25, -0.2) is 4.98 Å². The Bertz CT molecular complexity index is 599. The number of methoxy groups -OCH3 is 1. The second-order valence-corrected chi connectivity index (χ2v) is 5.76. The van der Waals surface area contributed by atoms with Crippen molar-refractivity contribution in [2.24, 2.45) is 7.05 Å². The van der Waals surface area contributed by atoms with Crippen LogP contribution in [0.3, 0.4) is 0 Å². The van der Waals surface area contributed by atoms with Gasteiger partial charge in [0.25, 0.3) is 0 Å². The van der Waals surface area contributed by atoms with Crippen molar-refractivity contribution in [1.29, 1.82) is 0 Å². The molecule has 0 aliphatic rings. The molecule has 0 saturated carbocycles. The Kier molecular flexibility index (Phi) is 4.84. The highest BCUT2D eigenvalue weighted by molar-refractivity contribution is 7.71. The highest BCUT2D eigenvalue weighted by Gasteiger charge is 2.16. The summed E-state index contributed by atoms with van der Waals surface area (Å²) in [6, 6.07) is 0. The summed E-state index contributed by atoms with van der Waals surface area (Å²) in [6.07, 6.45) is 2.86. The molecule has 0 fully saturated rings. The second-order valence-electron chi connectivity index (χ2n) is 4.29. The lowest BCUT2D eigenvalue weighted by Gasteiger charge is -1.99. The number of H-pyrrole nitrogens is 1. The first-order valence-electron chi connectivity index (χ1n) is 6.26. The van der Waals surface area contributed by atoms with Gasteiger partial charge < -0.3 is 9.30 Å². The molecule has 2 aromatic heterocycles. The molecule has 5 nitrogen and oxygen atoms in total. The van der Waals surface area contributed by atoms with Crippen LogP contribution in [0, 0.1) is 4.77 Å². The molecule has 0 unspecified atom stereocenters. The van der Waals surface area contributed by atoms with Gasteiger partial charge in [0.2, 0.25) is 0 Å². The minimum atomic E-state index is 0.629. The van der Waals surface area contributed by atoms with Crippen LogP contribution in [0.1, 0.15) is 24.0 Å². The Morgan fingerprint density at radius 1 is 1.42 bits per heavy atom. The number of thiazole rings is 1. The average molecular weight is 298 g/mol. The molecule has 1 N–H and O–H groups in total. The largest absolute Gasteiger partial charge is 0.384 e. The van der Waals surface area contributed by atoms with Crippen LogP contribution in [-0.2, 0) is 24.6 Å². The molecule has 0 saturated heterocycles. The van der Waals surface area contributed by atoms with Gasteiger partial charge in [0.05, 0.1) is 22.2 Å². The lowest BCUT2D eigenvalue weighted by Crippen LogP contribution is -1.95. The van der Waals surface area contributed by atoms with E-state index in [1.54, 1.807) is 18.4 Å². The maximum absolute atomic E-state index is 5.17. The standard InChI is InChI=1S/C12H18N4OS2/c1-4-5-8-10(11-14-15-12(18)16(11)2)19-9(13-8)6-7-17-3/h4-7H2,1-3H3,(H,15,18). The van der Waals surface area contributed by atoms with Gasteiger partial charge in [-0.15, -0.1) is 11.3 Å². The fraction of sp³-hybridized carbons (Fsp3) is 0.583. The smallest absolute Gasteiger partial charge is 0.195 e. The number of aromatic nitrogens is 4. The number of hydrogen-bond donors (Lipinski definition) is 1. The topological polar surface area (TPSA) is 55.7 Å². The van der Waals surface area contributed by atoms with Gasteiger partial charge in [0.15, 0.2) is 10.6 Å². The summed E-state index contributed by atoms with van der Waals surface area (Å²) >= 11 is 6.85. The number of nitrogens with one attached hydrogen (secondary N) is 1. The normalized spacial score (nSPS) is 11.1. The number of rotatable bonds is 6. The summed E-state index contributed by atoms with van der Waals surface area (Å²) in [6.45, 7) is 2.85. The van der Waals surface area contributed by atoms with Crippen LogP contribution in [0.4, 0.5) is 0 Å². The van der Waals surface area contributed by atoms with Crippen molar-refractivity contribution in [3.63, 3.8) is 0 Å². The molecule has 0 amide bonds. The lowest BCUT2D eigenvalue weighted by atomic mass is 10.2. The second kappa shape index (κ2) is 6.40. The van der Waals surface area contributed by atoms with Gasteiger partial charge in [-0.3, -0.25) is 5.10 Å². The van der Waals surface area contributed by atoms with Crippen LogP contribution in [0.25, 0.3) is 10.7 Å². The molecule has 0 aromatic carbocycles. The van der Waals surface area contributed by atoms with Crippen molar-refractivity contribution in [3.8, 4) is 10.7 Å². The monoisotopic (exact) mass is 298 g/mol. The first-order chi connectivity index (χ1) is 9.17. The molecule has 19 heavy (non-hydrogen) atoms. The maximum atomic E-state index is 5.17. The van der Waals surface area contributed by atoms with E-state index < -0.39 is 0 Å². The summed E-state index contributed by atoms with van der Waals surface area (Å²) in [7, 11) is 3.63. The average Bonchev–Trinajstić information content (AvgIpc) is 2.93. The van der Waals surface area contributed by atoms with E-state index >= 15 is 0 Å². The maximum Gasteiger partial charge on any atom is 0.195 e. The predicted molar refractivity (Wildman–Crippen MR) is 79.1 cm³/mol. The number of aryl methyl sites for hydroxylation is 1. The third-order valence-corrected chi connectivity index (χ3v) is 4.35. The fourth-order valence-corrected chi connectivity index (χ4v) is 3.08. The molecular weight excluding hydrogens is 280 g/mol. The molecule has 2 aromatic rings. The van der Waals surface area contributed by atoms with Crippen LogP contribution in [0.15, 0.2) is 0 Å². The SMILES string of the molecule is CCCc1nc(CCOC)sc1-c1n[nH]c(=S)n1C. The molecule has 2 rings (SSSR count). The first-order valence-corrected chi connectivity index (χ1v) is 7.49. The van der Waals surface area contributed by atoms with Crippen LogP contribution in [-0.4, -0.2) is 33.5 Å². The molecule has 104 valence electrons. The number of ether oxygens (including phenoxy) is 1. The highest BCUT2D eigenvalue weighted by Crippen LogP contribution is 2.30. The van der Waals surface area contributed by atoms with E-state index in [-0.39, 0.29) is 0 Å². The molecule has 0 aliphatic carbocycles. The summed E-state index contributed by atoms with van der Waals surface area (Å²) < 4.78 is 7.63. The summed E-state index contributed by atoms with van der Waals surface area (Å²) in [5, 5.41) is 8.23. The molecule has 0 atom stereocenters. The van der Waals surface area contributed by atoms with Crippen LogP contribution in [0.5, 0.6) is 0 Å². The minimum absolute atomic E-state index is 0.629. The van der Waals surface area contributed by atoms with Crippen molar-refractivity contribution < 1.29 is 4.74 Å². The van der Waals surface area contributed by atoms with Crippen molar-refractivity contribution in [3.05, 3.63) is 15.5 Å². The van der Waals surface area contributed by atoms with Crippen LogP contribution < -0.4 is 0 Å². The lowest BCUT2D eigenvalue weighted by molar-refractivity contribution is 0.202. The predicted octanol–water partition coefficient (Wildman–Crippen LogP) is 2.74. The third-order valence-electron chi connectivity index (χ3n) is 2.83. The van der Waals surface area contributed by atoms with Gasteiger partial charge in [-0.2, -0.15) is 5.10 Å². The number of aromatic amines is 1. The fourth-order valence-electron chi connectivity index (χ4n) is 1.83. The molecule has 7 heteroatoms. The Hall–Kier alpha value is -1.05. The summed E-state index contributed by atoms with van der Waals surface area (Å²) in [5.74, 6) is 0.870. The van der Waals surface area contributed by atoms with E-state index in [1.807, 2.05) is 11.6 Å². The van der Waals surface area contributed by atoms with Gasteiger partial charge in [0.1, 0.15) is 0 Å². The number of nitrogens with zero attached hydrogens (tertiary/aromatic N) is 3. The van der Waals surface area contributed by atoms with E-state index in [0.717, 1.165) is 40.7 Å². The molecule has 0 spiro atoms. The molecule has 0 aliphatic heterocycles. The van der Waals surface area contributed by atoms with Crippen molar-refractivity contribution in [2.45, 2.75) is 26.2 Å². The van der Waals surface area contributed by atoms with E-state index in [4.69, 9.17) is 21.9 Å². The number of hydrogen-bond acceptors (Lipinski definition) is 5. The molecular formula is C12H18N4OS2. The first kappa shape index (κ1) is 14.4. The zero-order valence-corrected chi connectivity index (χ0v) is 13.0. The third kappa shape index (κ3) is 3.10. The van der Waals surface area contributed by atoms with Crippen molar-refractivity contribution in [2.75, 3.05) is 13.7 Å². The van der Waals surface area contributed by atoms with Gasteiger partial charge in [-0.05, 0) is 18.6 Å². The van der Waals surface area contributed by atoms with E-state index in [1.165, 1.54) is 0 Å². The zero-order valence-electron chi connectivity index (χ0n) is 11.4. The van der Waals surface area contributed by atoms with Crippen molar-refractivity contribution in [1.82, 2.24) is 19.7 Å². The van der Waals surface area contributed by atoms with Crippen molar-refractivity contribution >= 4 is 23.6 Å². The molecule has 2 heterocycles. The minimum Gasteiger partial charge on any atom is -0.384 e. The van der Waals surface area contributed by atoms with E-state index in [0.29, 0.717) is 11.4 Å². The van der Waals surface area contributed by atoms with Gasteiger partial charge in [-0.1, -0.05) is 13.3 Å². The zero-order chi connectivity index (χ0) is 13.8. The Morgan fingerprint density at radius 2 is 2.21 bits per heavy atom. The Balaban J connectivity index is 2.39. The summed E-state index contributed by atoms with van der Waals surface area (Å²) in [5.41, 5.74) is 1.11.